The van der Waals surface area contributed by atoms with E-state index in [-0.39, 0.29) is 5.92 Å². The monoisotopic (exact) mass is 408 g/mol. The molecule has 0 aliphatic carbocycles. The first-order chi connectivity index (χ1) is 12.9. The Bertz CT molecular complexity index is 574. The van der Waals surface area contributed by atoms with Gasteiger partial charge in [-0.1, -0.05) is 20.3 Å². The summed E-state index contributed by atoms with van der Waals surface area (Å²) in [7, 11) is 0. The number of nitrogens with one attached hydrogen (secondary N) is 2. The van der Waals surface area contributed by atoms with Crippen LogP contribution in [0.3, 0.4) is 0 Å². The minimum Gasteiger partial charge on any atom is -0.481 e. The van der Waals surface area contributed by atoms with Crippen molar-refractivity contribution < 1.29 is 49.8 Å². The molecule has 1 heterocycles. The number of amides is 1. The van der Waals surface area contributed by atoms with E-state index in [2.05, 4.69) is 10.6 Å². The maximum atomic E-state index is 12.5. The third kappa shape index (κ3) is 6.09. The van der Waals surface area contributed by atoms with Crippen molar-refractivity contribution in [2.24, 2.45) is 5.92 Å². The smallest absolute Gasteiger partial charge is 0.326 e. The first-order valence-corrected chi connectivity index (χ1v) is 8.81. The average Bonchev–Trinajstić information content (AvgIpc) is 2.62. The number of ether oxygens (including phenoxy) is 1. The molecule has 28 heavy (non-hydrogen) atoms. The zero-order valence-corrected chi connectivity index (χ0v) is 15.6. The van der Waals surface area contributed by atoms with Crippen LogP contribution >= 0.6 is 0 Å². The molecule has 8 N–H and O–H groups in total. The predicted octanol–water partition coefficient (Wildman–Crippen LogP) is -3.16. The van der Waals surface area contributed by atoms with Gasteiger partial charge >= 0.3 is 11.9 Å². The summed E-state index contributed by atoms with van der Waals surface area (Å²) in [5.74, 6) is -6.38. The number of carbonyl (C=O) groups excluding carboxylic acids is 1. The fourth-order valence-corrected chi connectivity index (χ4v) is 2.73. The van der Waals surface area contributed by atoms with Crippen molar-refractivity contribution in [1.29, 1.82) is 0 Å². The maximum absolute atomic E-state index is 12.5. The quantitative estimate of drug-likeness (QED) is 0.181. The van der Waals surface area contributed by atoms with Crippen LogP contribution in [0.2, 0.25) is 0 Å². The molecule has 0 aromatic rings. The van der Waals surface area contributed by atoms with Crippen LogP contribution in [0.4, 0.5) is 0 Å². The minimum atomic E-state index is -2.29. The molecule has 0 spiro atoms. The molecule has 0 aromatic heterocycles. The third-order valence-electron chi connectivity index (χ3n) is 4.75. The molecular formula is C16H28N2O10. The van der Waals surface area contributed by atoms with E-state index >= 15 is 0 Å². The third-order valence-corrected chi connectivity index (χ3v) is 4.75. The lowest BCUT2D eigenvalue weighted by atomic mass is 9.94. The van der Waals surface area contributed by atoms with Crippen molar-refractivity contribution in [3.8, 4) is 0 Å². The molecule has 1 fully saturated rings. The van der Waals surface area contributed by atoms with E-state index in [4.69, 9.17) is 14.9 Å². The highest BCUT2D eigenvalue weighted by molar-refractivity contribution is 5.89. The number of carbonyl (C=O) groups is 3. The van der Waals surface area contributed by atoms with Gasteiger partial charge in [0.15, 0.2) is 0 Å². The van der Waals surface area contributed by atoms with Crippen molar-refractivity contribution in [2.45, 2.75) is 62.9 Å². The fraction of sp³-hybridized carbons (Fsp3) is 0.812. The Balaban J connectivity index is 2.86. The molecule has 1 aliphatic rings. The van der Waals surface area contributed by atoms with Gasteiger partial charge in [0.1, 0.15) is 24.4 Å². The van der Waals surface area contributed by atoms with Crippen molar-refractivity contribution >= 4 is 17.8 Å². The Morgan fingerprint density at radius 3 is 2.32 bits per heavy atom. The lowest BCUT2D eigenvalue weighted by Gasteiger charge is -2.42. The van der Waals surface area contributed by atoms with Crippen molar-refractivity contribution in [1.82, 2.24) is 10.6 Å². The number of rotatable bonds is 10. The molecule has 0 aromatic carbocycles. The van der Waals surface area contributed by atoms with Crippen LogP contribution in [0.15, 0.2) is 0 Å². The van der Waals surface area contributed by atoms with Crippen LogP contribution in [0.25, 0.3) is 0 Å². The predicted molar refractivity (Wildman–Crippen MR) is 92.0 cm³/mol. The van der Waals surface area contributed by atoms with E-state index < -0.39 is 73.6 Å². The Morgan fingerprint density at radius 1 is 1.21 bits per heavy atom. The van der Waals surface area contributed by atoms with Crippen molar-refractivity contribution in [2.75, 3.05) is 13.2 Å². The van der Waals surface area contributed by atoms with Gasteiger partial charge in [-0.05, 0) is 5.92 Å². The highest BCUT2D eigenvalue weighted by atomic mass is 16.6. The van der Waals surface area contributed by atoms with Crippen molar-refractivity contribution in [3.63, 3.8) is 0 Å². The molecule has 1 aliphatic heterocycles. The molecule has 1 unspecified atom stereocenters. The fourth-order valence-electron chi connectivity index (χ4n) is 2.73. The van der Waals surface area contributed by atoms with E-state index in [1.54, 1.807) is 13.8 Å². The second-order valence-corrected chi connectivity index (χ2v) is 6.90. The molecule has 162 valence electrons. The van der Waals surface area contributed by atoms with E-state index in [9.17, 15) is 34.8 Å². The van der Waals surface area contributed by atoms with Gasteiger partial charge < -0.3 is 46.0 Å². The second-order valence-electron chi connectivity index (χ2n) is 6.90. The number of hydrogen-bond acceptors (Lipinski definition) is 9. The number of aliphatic hydroxyl groups excluding tert-OH is 3. The Labute approximate surface area is 161 Å². The summed E-state index contributed by atoms with van der Waals surface area (Å²) in [4.78, 5) is 34.4. The largest absolute Gasteiger partial charge is 0.481 e. The average molecular weight is 408 g/mol. The van der Waals surface area contributed by atoms with Crippen LogP contribution in [-0.2, 0) is 19.1 Å². The highest BCUT2D eigenvalue weighted by Crippen LogP contribution is 2.24. The molecule has 1 rings (SSSR count). The van der Waals surface area contributed by atoms with Gasteiger partial charge in [0.2, 0.25) is 11.7 Å². The SMILES string of the molecule is CC[C@H](C)[C@H](NCC1(O)OC[C@@H](O)[C@@H](O)[C@@H]1O)C(=O)N[C@@H](CC(=O)O)C(=O)O. The first-order valence-electron chi connectivity index (χ1n) is 8.81. The molecule has 1 amide bonds. The molecule has 7 atom stereocenters. The lowest BCUT2D eigenvalue weighted by Crippen LogP contribution is -2.66. The number of aliphatic hydroxyl groups is 4. The Kier molecular flexibility index (Phi) is 8.73. The molecule has 0 bridgehead atoms. The summed E-state index contributed by atoms with van der Waals surface area (Å²) in [6.07, 6.45) is -5.25. The normalized spacial score (nSPS) is 30.9. The summed E-state index contributed by atoms with van der Waals surface area (Å²) in [6, 6.07) is -2.70. The van der Waals surface area contributed by atoms with Crippen LogP contribution in [0, 0.1) is 5.92 Å². The minimum absolute atomic E-state index is 0.362. The van der Waals surface area contributed by atoms with Crippen LogP contribution < -0.4 is 10.6 Å². The van der Waals surface area contributed by atoms with Crippen LogP contribution in [-0.4, -0.2) is 97.8 Å². The summed E-state index contributed by atoms with van der Waals surface area (Å²) in [5, 5.41) is 62.2. The zero-order valence-electron chi connectivity index (χ0n) is 15.6. The molecule has 0 radical (unpaired) electrons. The number of carboxylic acids is 2. The van der Waals surface area contributed by atoms with E-state index in [0.717, 1.165) is 0 Å². The van der Waals surface area contributed by atoms with E-state index in [1.165, 1.54) is 0 Å². The molecule has 12 heteroatoms. The molecule has 12 nitrogen and oxygen atoms in total. The lowest BCUT2D eigenvalue weighted by molar-refractivity contribution is -0.318. The van der Waals surface area contributed by atoms with Crippen LogP contribution in [0.5, 0.6) is 0 Å². The molecular weight excluding hydrogens is 380 g/mol. The second kappa shape index (κ2) is 10.1. The highest BCUT2D eigenvalue weighted by Gasteiger charge is 2.48. The van der Waals surface area contributed by atoms with Gasteiger partial charge in [-0.25, -0.2) is 4.79 Å². The maximum Gasteiger partial charge on any atom is 0.326 e. The summed E-state index contributed by atoms with van der Waals surface area (Å²) in [6.45, 7) is 2.47. The van der Waals surface area contributed by atoms with Gasteiger partial charge in [0.25, 0.3) is 0 Å². The summed E-state index contributed by atoms with van der Waals surface area (Å²) >= 11 is 0. The Morgan fingerprint density at radius 2 is 1.82 bits per heavy atom. The number of aliphatic carboxylic acids is 2. The van der Waals surface area contributed by atoms with Gasteiger partial charge in [-0.15, -0.1) is 0 Å². The standard InChI is InChI=1S/C16H28N2O10/c1-3-7(2)11(14(24)18-8(15(25)26)4-10(20)21)17-6-16(27)13(23)12(22)9(19)5-28-16/h7-9,11-13,17,19,22-23,27H,3-6H2,1-2H3,(H,18,24)(H,20,21)(H,25,26)/t7-,8-,9+,11-,12+,13-,16?/m0/s1. The molecule has 1 saturated heterocycles. The van der Waals surface area contributed by atoms with Crippen molar-refractivity contribution in [3.05, 3.63) is 0 Å². The Hall–Kier alpha value is -1.83. The molecule has 0 saturated carbocycles. The van der Waals surface area contributed by atoms with Crippen LogP contribution in [0.1, 0.15) is 26.7 Å². The number of hydrogen-bond donors (Lipinski definition) is 8. The van der Waals surface area contributed by atoms with E-state index in [1.807, 2.05) is 0 Å². The van der Waals surface area contributed by atoms with Gasteiger partial charge in [-0.3, -0.25) is 9.59 Å². The van der Waals surface area contributed by atoms with E-state index in [0.29, 0.717) is 6.42 Å². The zero-order chi connectivity index (χ0) is 21.6. The van der Waals surface area contributed by atoms with Gasteiger partial charge in [-0.2, -0.15) is 0 Å². The summed E-state index contributed by atoms with van der Waals surface area (Å²) < 4.78 is 5.01. The topological polar surface area (TPSA) is 206 Å². The first kappa shape index (κ1) is 24.2. The van der Waals surface area contributed by atoms with Gasteiger partial charge in [0, 0.05) is 0 Å². The number of carboxylic acid groups (broad SMARTS) is 2. The summed E-state index contributed by atoms with van der Waals surface area (Å²) in [5.41, 5.74) is 0. The van der Waals surface area contributed by atoms with Gasteiger partial charge in [0.05, 0.1) is 25.6 Å².